The van der Waals surface area contributed by atoms with Gasteiger partial charge in [0.05, 0.1) is 6.04 Å². The van der Waals surface area contributed by atoms with E-state index in [-0.39, 0.29) is 11.9 Å². The van der Waals surface area contributed by atoms with E-state index in [9.17, 15) is 4.39 Å². The maximum atomic E-state index is 13.1. The average molecular weight is 292 g/mol. The van der Waals surface area contributed by atoms with Crippen LogP contribution in [0.1, 0.15) is 43.9 Å². The van der Waals surface area contributed by atoms with E-state index in [0.29, 0.717) is 10.9 Å². The third-order valence-corrected chi connectivity index (χ3v) is 3.71. The molecule has 0 radical (unpaired) electrons. The van der Waals surface area contributed by atoms with E-state index >= 15 is 0 Å². The standard InChI is InChI=1S/C17H19ClFN/c1-11(2)14-6-4-5-7-17(14)20-12(3)15-9-8-13(19)10-16(15)18/h4-12,20H,1-3H3. The maximum absolute atomic E-state index is 13.1. The molecule has 0 saturated heterocycles. The highest BCUT2D eigenvalue weighted by Gasteiger charge is 2.13. The van der Waals surface area contributed by atoms with Gasteiger partial charge in [0.25, 0.3) is 0 Å². The zero-order valence-electron chi connectivity index (χ0n) is 12.0. The predicted molar refractivity (Wildman–Crippen MR) is 84.0 cm³/mol. The normalized spacial score (nSPS) is 12.5. The minimum absolute atomic E-state index is 0.0167. The lowest BCUT2D eigenvalue weighted by Crippen LogP contribution is -2.09. The molecule has 1 unspecified atom stereocenters. The second-order valence-electron chi connectivity index (χ2n) is 5.27. The number of rotatable bonds is 4. The molecule has 2 aromatic carbocycles. The summed E-state index contributed by atoms with van der Waals surface area (Å²) in [5.41, 5.74) is 3.25. The van der Waals surface area contributed by atoms with Crippen LogP contribution in [-0.2, 0) is 0 Å². The van der Waals surface area contributed by atoms with Crippen LogP contribution < -0.4 is 5.32 Å². The van der Waals surface area contributed by atoms with Crippen molar-refractivity contribution in [2.24, 2.45) is 0 Å². The lowest BCUT2D eigenvalue weighted by molar-refractivity contribution is 0.626. The predicted octanol–water partition coefficient (Wildman–Crippen LogP) is 5.78. The van der Waals surface area contributed by atoms with Crippen LogP contribution in [0.4, 0.5) is 10.1 Å². The fourth-order valence-electron chi connectivity index (χ4n) is 2.30. The lowest BCUT2D eigenvalue weighted by atomic mass is 10.00. The molecule has 2 rings (SSSR count). The van der Waals surface area contributed by atoms with Crippen LogP contribution in [0.15, 0.2) is 42.5 Å². The SMILES string of the molecule is CC(C)c1ccccc1NC(C)c1ccc(F)cc1Cl. The van der Waals surface area contributed by atoms with Crippen LogP contribution in [0.25, 0.3) is 0 Å². The fourth-order valence-corrected chi connectivity index (χ4v) is 2.63. The van der Waals surface area contributed by atoms with Crippen LogP contribution in [0.5, 0.6) is 0 Å². The van der Waals surface area contributed by atoms with Gasteiger partial charge in [-0.2, -0.15) is 0 Å². The van der Waals surface area contributed by atoms with Crippen molar-refractivity contribution in [1.29, 1.82) is 0 Å². The number of nitrogens with one attached hydrogen (secondary N) is 1. The Balaban J connectivity index is 2.26. The van der Waals surface area contributed by atoms with Crippen molar-refractivity contribution in [3.63, 3.8) is 0 Å². The summed E-state index contributed by atoms with van der Waals surface area (Å²) in [5, 5.41) is 3.91. The lowest BCUT2D eigenvalue weighted by Gasteiger charge is -2.21. The van der Waals surface area contributed by atoms with E-state index in [1.54, 1.807) is 6.07 Å². The zero-order valence-corrected chi connectivity index (χ0v) is 12.7. The van der Waals surface area contributed by atoms with Crippen LogP contribution in [0.3, 0.4) is 0 Å². The Labute approximate surface area is 124 Å². The number of benzene rings is 2. The van der Waals surface area contributed by atoms with Gasteiger partial charge in [-0.25, -0.2) is 4.39 Å². The first kappa shape index (κ1) is 14.9. The molecule has 0 fully saturated rings. The molecule has 0 spiro atoms. The summed E-state index contributed by atoms with van der Waals surface area (Å²) >= 11 is 6.11. The summed E-state index contributed by atoms with van der Waals surface area (Å²) in [6.07, 6.45) is 0. The Morgan fingerprint density at radius 1 is 1.00 bits per heavy atom. The molecule has 1 atom stereocenters. The van der Waals surface area contributed by atoms with Gasteiger partial charge in [-0.1, -0.05) is 49.7 Å². The summed E-state index contributed by atoms with van der Waals surface area (Å²) in [7, 11) is 0. The molecule has 106 valence electrons. The summed E-state index contributed by atoms with van der Waals surface area (Å²) in [6, 6.07) is 12.8. The van der Waals surface area contributed by atoms with Crippen LogP contribution in [-0.4, -0.2) is 0 Å². The number of hydrogen-bond donors (Lipinski definition) is 1. The molecule has 0 aliphatic rings. The second kappa shape index (κ2) is 6.27. The Kier molecular flexibility index (Phi) is 4.66. The van der Waals surface area contributed by atoms with Gasteiger partial charge in [-0.05, 0) is 42.2 Å². The number of para-hydroxylation sites is 1. The molecule has 0 heterocycles. The molecule has 1 nitrogen and oxygen atoms in total. The highest BCUT2D eigenvalue weighted by Crippen LogP contribution is 2.30. The summed E-state index contributed by atoms with van der Waals surface area (Å²) < 4.78 is 13.1. The van der Waals surface area contributed by atoms with Crippen molar-refractivity contribution in [1.82, 2.24) is 0 Å². The van der Waals surface area contributed by atoms with Gasteiger partial charge < -0.3 is 5.32 Å². The third kappa shape index (κ3) is 3.31. The van der Waals surface area contributed by atoms with Gasteiger partial charge in [-0.3, -0.25) is 0 Å². The van der Waals surface area contributed by atoms with Crippen molar-refractivity contribution in [3.8, 4) is 0 Å². The van der Waals surface area contributed by atoms with Crippen LogP contribution in [0, 0.1) is 5.82 Å². The molecule has 3 heteroatoms. The van der Waals surface area contributed by atoms with E-state index in [1.165, 1.54) is 17.7 Å². The Hall–Kier alpha value is -1.54. The number of halogens is 2. The van der Waals surface area contributed by atoms with Gasteiger partial charge in [0.15, 0.2) is 0 Å². The van der Waals surface area contributed by atoms with E-state index < -0.39 is 0 Å². The highest BCUT2D eigenvalue weighted by atomic mass is 35.5. The first-order valence-corrected chi connectivity index (χ1v) is 7.17. The van der Waals surface area contributed by atoms with E-state index in [0.717, 1.165) is 11.3 Å². The average Bonchev–Trinajstić information content (AvgIpc) is 2.38. The minimum Gasteiger partial charge on any atom is -0.378 e. The number of hydrogen-bond acceptors (Lipinski definition) is 1. The summed E-state index contributed by atoms with van der Waals surface area (Å²) in [4.78, 5) is 0. The largest absolute Gasteiger partial charge is 0.378 e. The van der Waals surface area contributed by atoms with Crippen LogP contribution in [0.2, 0.25) is 5.02 Å². The summed E-state index contributed by atoms with van der Waals surface area (Å²) in [5.74, 6) is 0.128. The molecule has 2 aromatic rings. The quantitative estimate of drug-likeness (QED) is 0.753. The Morgan fingerprint density at radius 2 is 1.70 bits per heavy atom. The van der Waals surface area contributed by atoms with E-state index in [2.05, 4.69) is 31.3 Å². The Bertz CT molecular complexity index is 595. The molecule has 20 heavy (non-hydrogen) atoms. The first-order valence-electron chi connectivity index (χ1n) is 6.79. The fraction of sp³-hybridized carbons (Fsp3) is 0.294. The molecule has 0 aliphatic heterocycles. The van der Waals surface area contributed by atoms with E-state index in [4.69, 9.17) is 11.6 Å². The zero-order chi connectivity index (χ0) is 14.7. The molecular weight excluding hydrogens is 273 g/mol. The smallest absolute Gasteiger partial charge is 0.124 e. The molecule has 0 bridgehead atoms. The molecule has 0 amide bonds. The van der Waals surface area contributed by atoms with Crippen molar-refractivity contribution < 1.29 is 4.39 Å². The maximum Gasteiger partial charge on any atom is 0.124 e. The van der Waals surface area contributed by atoms with Gasteiger partial charge in [-0.15, -0.1) is 0 Å². The van der Waals surface area contributed by atoms with Crippen molar-refractivity contribution >= 4 is 17.3 Å². The molecular formula is C17H19ClFN. The van der Waals surface area contributed by atoms with Crippen LogP contribution >= 0.6 is 11.6 Å². The van der Waals surface area contributed by atoms with Gasteiger partial charge in [0.1, 0.15) is 5.82 Å². The molecule has 1 N–H and O–H groups in total. The monoisotopic (exact) mass is 291 g/mol. The van der Waals surface area contributed by atoms with Gasteiger partial charge in [0.2, 0.25) is 0 Å². The Morgan fingerprint density at radius 3 is 2.35 bits per heavy atom. The van der Waals surface area contributed by atoms with Crippen molar-refractivity contribution in [3.05, 3.63) is 64.4 Å². The first-order chi connectivity index (χ1) is 9.49. The topological polar surface area (TPSA) is 12.0 Å². The third-order valence-electron chi connectivity index (χ3n) is 3.38. The summed E-state index contributed by atoms with van der Waals surface area (Å²) in [6.45, 7) is 6.35. The highest BCUT2D eigenvalue weighted by molar-refractivity contribution is 6.31. The molecule has 0 aliphatic carbocycles. The second-order valence-corrected chi connectivity index (χ2v) is 5.68. The minimum atomic E-state index is -0.312. The van der Waals surface area contributed by atoms with Gasteiger partial charge in [0, 0.05) is 10.7 Å². The number of anilines is 1. The van der Waals surface area contributed by atoms with Gasteiger partial charge >= 0.3 is 0 Å². The molecule has 0 saturated carbocycles. The van der Waals surface area contributed by atoms with Crippen molar-refractivity contribution in [2.75, 3.05) is 5.32 Å². The molecule has 0 aromatic heterocycles. The van der Waals surface area contributed by atoms with E-state index in [1.807, 2.05) is 19.1 Å². The van der Waals surface area contributed by atoms with Crippen molar-refractivity contribution in [2.45, 2.75) is 32.7 Å².